The molecule has 0 aromatic carbocycles. The van der Waals surface area contributed by atoms with Crippen LogP contribution in [0.2, 0.25) is 0 Å². The van der Waals surface area contributed by atoms with Crippen LogP contribution in [0.4, 0.5) is 0 Å². The molecule has 72 valence electrons. The molecular weight excluding hydrogens is 160 g/mol. The second-order valence-electron chi connectivity index (χ2n) is 2.76. The van der Waals surface area contributed by atoms with Crippen LogP contribution < -0.4 is 11.5 Å². The van der Waals surface area contributed by atoms with Crippen molar-refractivity contribution in [2.75, 3.05) is 0 Å². The summed E-state index contributed by atoms with van der Waals surface area (Å²) in [5, 5.41) is 10.9. The first-order chi connectivity index (χ1) is 4.95. The molecule has 0 aliphatic carbocycles. The first-order valence-electron chi connectivity index (χ1n) is 3.45. The van der Waals surface area contributed by atoms with E-state index in [0.717, 1.165) is 0 Å². The van der Waals surface area contributed by atoms with Crippen molar-refractivity contribution in [1.29, 1.82) is 0 Å². The number of rotatable bonds is 3. The van der Waals surface area contributed by atoms with Gasteiger partial charge < -0.3 is 16.6 Å². The molecular formula is C7H16N2O3. The quantitative estimate of drug-likeness (QED) is 0.579. The van der Waals surface area contributed by atoms with E-state index in [1.165, 1.54) is 6.92 Å². The molecule has 0 radical (unpaired) electrons. The molecule has 1 atom stereocenters. The number of nitrogens with one attached hydrogen (secondary N) is 1. The molecule has 0 bridgehead atoms. The molecule has 0 unspecified atom stereocenters. The summed E-state index contributed by atoms with van der Waals surface area (Å²) in [7, 11) is 0. The number of aliphatic carboxylic acids is 1. The Labute approximate surface area is 71.7 Å². The molecule has 0 spiro atoms. The van der Waals surface area contributed by atoms with E-state index in [1.54, 1.807) is 13.8 Å². The van der Waals surface area contributed by atoms with E-state index >= 15 is 0 Å². The molecule has 0 rings (SSSR count). The van der Waals surface area contributed by atoms with Crippen LogP contribution in [0.5, 0.6) is 0 Å². The monoisotopic (exact) mass is 176 g/mol. The van der Waals surface area contributed by atoms with Gasteiger partial charge in [-0.25, -0.2) is 4.79 Å². The molecule has 0 fully saturated rings. The van der Waals surface area contributed by atoms with Gasteiger partial charge in [0.1, 0.15) is 6.04 Å². The lowest BCUT2D eigenvalue weighted by molar-refractivity contribution is -0.142. The zero-order valence-electron chi connectivity index (χ0n) is 7.63. The summed E-state index contributed by atoms with van der Waals surface area (Å²) in [6, 6.07) is -0.771. The van der Waals surface area contributed by atoms with Crippen LogP contribution in [0.1, 0.15) is 20.8 Å². The Morgan fingerprint density at radius 3 is 1.83 bits per heavy atom. The molecule has 5 N–H and O–H groups in total. The van der Waals surface area contributed by atoms with Crippen LogP contribution in [0.3, 0.4) is 0 Å². The van der Waals surface area contributed by atoms with Gasteiger partial charge in [0.15, 0.2) is 0 Å². The van der Waals surface area contributed by atoms with Crippen molar-refractivity contribution in [1.82, 2.24) is 11.5 Å². The second kappa shape index (κ2) is 5.54. The van der Waals surface area contributed by atoms with Crippen LogP contribution in [0.15, 0.2) is 0 Å². The fourth-order valence-electron chi connectivity index (χ4n) is 0.733. The molecule has 0 saturated carbocycles. The Morgan fingerprint density at radius 1 is 1.33 bits per heavy atom. The number of carbonyl (C=O) groups excluding carboxylic acids is 1. The van der Waals surface area contributed by atoms with Crippen molar-refractivity contribution in [3.05, 3.63) is 0 Å². The topological polar surface area (TPSA) is 101 Å². The standard InChI is InChI=1S/C7H13NO3.H3N/c1-4(2)6(7(10)11)8-5(3)9;/h4,6H,1-3H3,(H,8,9)(H,10,11);1H3/t6-;/m0./s1. The van der Waals surface area contributed by atoms with Gasteiger partial charge in [0.2, 0.25) is 5.91 Å². The third kappa shape index (κ3) is 4.68. The summed E-state index contributed by atoms with van der Waals surface area (Å²) >= 11 is 0. The Kier molecular flexibility index (Phi) is 6.22. The van der Waals surface area contributed by atoms with E-state index in [1.807, 2.05) is 0 Å². The highest BCUT2D eigenvalue weighted by Gasteiger charge is 2.21. The first kappa shape index (κ1) is 13.5. The summed E-state index contributed by atoms with van der Waals surface area (Å²) in [6.45, 7) is 4.79. The smallest absolute Gasteiger partial charge is 0.326 e. The molecule has 5 nitrogen and oxygen atoms in total. The van der Waals surface area contributed by atoms with Crippen molar-refractivity contribution < 1.29 is 14.7 Å². The predicted molar refractivity (Wildman–Crippen MR) is 45.1 cm³/mol. The summed E-state index contributed by atoms with van der Waals surface area (Å²) in [5.74, 6) is -1.39. The normalized spacial score (nSPS) is 11.7. The highest BCUT2D eigenvalue weighted by Crippen LogP contribution is 2.00. The average Bonchev–Trinajstić information content (AvgIpc) is 1.81. The lowest BCUT2D eigenvalue weighted by atomic mass is 10.1. The molecule has 1 amide bonds. The number of carbonyl (C=O) groups is 2. The molecule has 5 heteroatoms. The van der Waals surface area contributed by atoms with Gasteiger partial charge in [0, 0.05) is 6.92 Å². The average molecular weight is 176 g/mol. The van der Waals surface area contributed by atoms with Gasteiger partial charge in [-0.05, 0) is 5.92 Å². The van der Waals surface area contributed by atoms with Crippen LogP contribution in [-0.4, -0.2) is 23.0 Å². The number of hydrogen-bond donors (Lipinski definition) is 3. The highest BCUT2D eigenvalue weighted by atomic mass is 16.4. The molecule has 12 heavy (non-hydrogen) atoms. The Balaban J connectivity index is 0. The van der Waals surface area contributed by atoms with Crippen molar-refractivity contribution in [3.63, 3.8) is 0 Å². The summed E-state index contributed by atoms with van der Waals surface area (Å²) in [6.07, 6.45) is 0. The number of carboxylic acid groups (broad SMARTS) is 1. The molecule has 0 saturated heterocycles. The lowest BCUT2D eigenvalue weighted by Crippen LogP contribution is -2.43. The minimum absolute atomic E-state index is 0. The fourth-order valence-corrected chi connectivity index (χ4v) is 0.733. The van der Waals surface area contributed by atoms with Gasteiger partial charge in [-0.15, -0.1) is 0 Å². The maximum Gasteiger partial charge on any atom is 0.326 e. The van der Waals surface area contributed by atoms with Crippen molar-refractivity contribution in [2.45, 2.75) is 26.8 Å². The minimum atomic E-state index is -0.991. The number of carboxylic acids is 1. The van der Waals surface area contributed by atoms with Crippen molar-refractivity contribution in [2.24, 2.45) is 5.92 Å². The first-order valence-corrected chi connectivity index (χ1v) is 3.45. The zero-order valence-corrected chi connectivity index (χ0v) is 7.63. The summed E-state index contributed by atoms with van der Waals surface area (Å²) in [4.78, 5) is 21.0. The van der Waals surface area contributed by atoms with Crippen molar-refractivity contribution in [3.8, 4) is 0 Å². The Morgan fingerprint density at radius 2 is 1.75 bits per heavy atom. The van der Waals surface area contributed by atoms with Gasteiger partial charge in [0.25, 0.3) is 0 Å². The largest absolute Gasteiger partial charge is 0.480 e. The molecule has 0 aromatic heterocycles. The predicted octanol–water partition coefficient (Wildman–Crippen LogP) is 0.394. The van der Waals surface area contributed by atoms with E-state index < -0.39 is 12.0 Å². The van der Waals surface area contributed by atoms with Crippen LogP contribution >= 0.6 is 0 Å². The SMILES string of the molecule is CC(=O)N[C@H](C(=O)O)C(C)C.N. The maximum absolute atomic E-state index is 10.5. The second-order valence-corrected chi connectivity index (χ2v) is 2.76. The summed E-state index contributed by atoms with van der Waals surface area (Å²) in [5.41, 5.74) is 0. The van der Waals surface area contributed by atoms with Gasteiger partial charge in [-0.3, -0.25) is 4.79 Å². The lowest BCUT2D eigenvalue weighted by Gasteiger charge is -2.16. The van der Waals surface area contributed by atoms with Gasteiger partial charge in [-0.2, -0.15) is 0 Å². The van der Waals surface area contributed by atoms with Crippen LogP contribution in [0, 0.1) is 5.92 Å². The zero-order chi connectivity index (χ0) is 9.02. The minimum Gasteiger partial charge on any atom is -0.480 e. The maximum atomic E-state index is 10.5. The fraction of sp³-hybridized carbons (Fsp3) is 0.714. The molecule has 0 aliphatic heterocycles. The summed E-state index contributed by atoms with van der Waals surface area (Å²) < 4.78 is 0. The molecule has 0 aromatic rings. The van der Waals surface area contributed by atoms with E-state index in [9.17, 15) is 9.59 Å². The third-order valence-corrected chi connectivity index (χ3v) is 1.29. The number of amides is 1. The van der Waals surface area contributed by atoms with Crippen LogP contribution in [0.25, 0.3) is 0 Å². The number of hydrogen-bond acceptors (Lipinski definition) is 3. The van der Waals surface area contributed by atoms with Gasteiger partial charge in [-0.1, -0.05) is 13.8 Å². The van der Waals surface area contributed by atoms with E-state index in [2.05, 4.69) is 5.32 Å². The molecule has 0 aliphatic rings. The van der Waals surface area contributed by atoms with E-state index in [-0.39, 0.29) is 18.0 Å². The highest BCUT2D eigenvalue weighted by molar-refractivity contribution is 5.82. The van der Waals surface area contributed by atoms with Crippen molar-refractivity contribution >= 4 is 11.9 Å². The Bertz CT molecular complexity index is 168. The van der Waals surface area contributed by atoms with E-state index in [0.29, 0.717) is 0 Å². The van der Waals surface area contributed by atoms with E-state index in [4.69, 9.17) is 5.11 Å². The van der Waals surface area contributed by atoms with Crippen LogP contribution in [-0.2, 0) is 9.59 Å². The van der Waals surface area contributed by atoms with Gasteiger partial charge >= 0.3 is 5.97 Å². The Hall–Kier alpha value is -1.10. The third-order valence-electron chi connectivity index (χ3n) is 1.29. The van der Waals surface area contributed by atoms with Gasteiger partial charge in [0.05, 0.1) is 0 Å². The molecule has 0 heterocycles.